The maximum absolute atomic E-state index is 12.2. The van der Waals surface area contributed by atoms with Gasteiger partial charge in [-0.05, 0) is 24.6 Å². The van der Waals surface area contributed by atoms with E-state index in [1.165, 1.54) is 25.3 Å². The first-order chi connectivity index (χ1) is 8.94. The first-order valence-corrected chi connectivity index (χ1v) is 7.51. The van der Waals surface area contributed by atoms with E-state index in [2.05, 4.69) is 4.72 Å². The van der Waals surface area contributed by atoms with E-state index in [4.69, 9.17) is 21.6 Å². The number of hydrogen-bond donors (Lipinski definition) is 1. The van der Waals surface area contributed by atoms with E-state index >= 15 is 0 Å². The lowest BCUT2D eigenvalue weighted by atomic mass is 10.2. The number of nitrogens with one attached hydrogen (secondary N) is 1. The van der Waals surface area contributed by atoms with Crippen LogP contribution in [-0.4, -0.2) is 28.2 Å². The minimum Gasteiger partial charge on any atom is -0.383 e. The fourth-order valence-corrected chi connectivity index (χ4v) is 3.36. The highest BCUT2D eigenvalue weighted by atomic mass is 35.5. The van der Waals surface area contributed by atoms with Gasteiger partial charge in [-0.3, -0.25) is 0 Å². The van der Waals surface area contributed by atoms with Crippen LogP contribution in [0, 0.1) is 11.3 Å². The van der Waals surface area contributed by atoms with Crippen LogP contribution < -0.4 is 4.72 Å². The standard InChI is InChI=1S/C12H15ClN2O3S/c1-3-10(8-18-2)15-19(16,17)12-5-4-9(7-14)6-11(12)13/h4-6,10,15H,3,8H2,1-2H3. The van der Waals surface area contributed by atoms with Crippen molar-refractivity contribution in [2.24, 2.45) is 0 Å². The fraction of sp³-hybridized carbons (Fsp3) is 0.417. The predicted octanol–water partition coefficient (Wildman–Crippen LogP) is 1.91. The summed E-state index contributed by atoms with van der Waals surface area (Å²) >= 11 is 5.89. The largest absolute Gasteiger partial charge is 0.383 e. The first-order valence-electron chi connectivity index (χ1n) is 5.65. The number of nitrogens with zero attached hydrogens (tertiary/aromatic N) is 1. The molecule has 0 aliphatic heterocycles. The molecule has 1 aromatic carbocycles. The lowest BCUT2D eigenvalue weighted by Crippen LogP contribution is -2.37. The number of ether oxygens (including phenoxy) is 1. The molecule has 5 nitrogen and oxygen atoms in total. The van der Waals surface area contributed by atoms with Crippen LogP contribution in [0.15, 0.2) is 23.1 Å². The Bertz CT molecular complexity index is 581. The Labute approximate surface area is 118 Å². The van der Waals surface area contributed by atoms with Crippen molar-refractivity contribution in [3.05, 3.63) is 28.8 Å². The molecule has 0 aromatic heterocycles. The minimum absolute atomic E-state index is 0.0267. The zero-order valence-corrected chi connectivity index (χ0v) is 12.3. The van der Waals surface area contributed by atoms with Crippen LogP contribution in [0.25, 0.3) is 0 Å². The van der Waals surface area contributed by atoms with E-state index in [1.807, 2.05) is 13.0 Å². The smallest absolute Gasteiger partial charge is 0.242 e. The SMILES string of the molecule is CCC(COC)NS(=O)(=O)c1ccc(C#N)cc1Cl. The Morgan fingerprint density at radius 1 is 1.53 bits per heavy atom. The Hall–Kier alpha value is -1.13. The molecule has 104 valence electrons. The van der Waals surface area contributed by atoms with Crippen molar-refractivity contribution < 1.29 is 13.2 Å². The van der Waals surface area contributed by atoms with Crippen LogP contribution in [0.4, 0.5) is 0 Å². The number of sulfonamides is 1. The molecule has 0 saturated heterocycles. The number of nitriles is 1. The molecule has 0 spiro atoms. The van der Waals surface area contributed by atoms with Crippen molar-refractivity contribution >= 4 is 21.6 Å². The highest BCUT2D eigenvalue weighted by molar-refractivity contribution is 7.89. The molecule has 19 heavy (non-hydrogen) atoms. The van der Waals surface area contributed by atoms with Gasteiger partial charge in [0.05, 0.1) is 23.3 Å². The summed E-state index contributed by atoms with van der Waals surface area (Å²) in [5, 5.41) is 8.75. The molecule has 0 heterocycles. The van der Waals surface area contributed by atoms with Crippen LogP contribution in [0.5, 0.6) is 0 Å². The summed E-state index contributed by atoms with van der Waals surface area (Å²) in [6.45, 7) is 2.14. The average Bonchev–Trinajstić information content (AvgIpc) is 2.37. The fourth-order valence-electron chi connectivity index (χ4n) is 1.51. The van der Waals surface area contributed by atoms with Crippen molar-refractivity contribution in [2.45, 2.75) is 24.3 Å². The van der Waals surface area contributed by atoms with Gasteiger partial charge in [0, 0.05) is 13.2 Å². The van der Waals surface area contributed by atoms with E-state index in [9.17, 15) is 8.42 Å². The van der Waals surface area contributed by atoms with Gasteiger partial charge in [-0.1, -0.05) is 18.5 Å². The first kappa shape index (κ1) is 15.9. The highest BCUT2D eigenvalue weighted by Crippen LogP contribution is 2.22. The average molecular weight is 303 g/mol. The van der Waals surface area contributed by atoms with E-state index in [0.717, 1.165) is 0 Å². The third-order valence-corrected chi connectivity index (χ3v) is 4.54. The molecule has 0 fully saturated rings. The Balaban J connectivity index is 3.04. The van der Waals surface area contributed by atoms with Gasteiger partial charge in [-0.15, -0.1) is 0 Å². The molecule has 1 unspecified atom stereocenters. The van der Waals surface area contributed by atoms with Crippen molar-refractivity contribution in [3.8, 4) is 6.07 Å². The molecule has 0 aliphatic rings. The third kappa shape index (κ3) is 4.18. The molecule has 0 aliphatic carbocycles. The Morgan fingerprint density at radius 3 is 2.68 bits per heavy atom. The number of hydrogen-bond acceptors (Lipinski definition) is 4. The van der Waals surface area contributed by atoms with Crippen LogP contribution in [0.1, 0.15) is 18.9 Å². The van der Waals surface area contributed by atoms with Crippen molar-refractivity contribution in [1.82, 2.24) is 4.72 Å². The quantitative estimate of drug-likeness (QED) is 0.870. The second-order valence-corrected chi connectivity index (χ2v) is 6.03. The van der Waals surface area contributed by atoms with Crippen LogP contribution >= 0.6 is 11.6 Å². The summed E-state index contributed by atoms with van der Waals surface area (Å²) in [4.78, 5) is -0.0391. The lowest BCUT2D eigenvalue weighted by molar-refractivity contribution is 0.173. The van der Waals surface area contributed by atoms with Gasteiger partial charge < -0.3 is 4.74 Å². The zero-order valence-electron chi connectivity index (χ0n) is 10.7. The topological polar surface area (TPSA) is 79.2 Å². The summed E-state index contributed by atoms with van der Waals surface area (Å²) in [7, 11) is -2.22. The maximum atomic E-state index is 12.2. The Kier molecular flexibility index (Phi) is 5.76. The summed E-state index contributed by atoms with van der Waals surface area (Å²) < 4.78 is 31.8. The number of benzene rings is 1. The van der Waals surface area contributed by atoms with Gasteiger partial charge in [0.15, 0.2) is 0 Å². The van der Waals surface area contributed by atoms with Crippen LogP contribution in [-0.2, 0) is 14.8 Å². The van der Waals surface area contributed by atoms with Crippen molar-refractivity contribution in [2.75, 3.05) is 13.7 Å². The predicted molar refractivity (Wildman–Crippen MR) is 72.4 cm³/mol. The minimum atomic E-state index is -3.72. The molecule has 1 aromatic rings. The number of halogens is 1. The van der Waals surface area contributed by atoms with Crippen LogP contribution in [0.2, 0.25) is 5.02 Å². The Morgan fingerprint density at radius 2 is 2.21 bits per heavy atom. The van der Waals surface area contributed by atoms with E-state index in [-0.39, 0.29) is 22.6 Å². The summed E-state index contributed by atoms with van der Waals surface area (Å²) in [6, 6.07) is 5.64. The van der Waals surface area contributed by atoms with Gasteiger partial charge in [-0.25, -0.2) is 13.1 Å². The number of rotatable bonds is 6. The monoisotopic (exact) mass is 302 g/mol. The summed E-state index contributed by atoms with van der Waals surface area (Å²) in [6.07, 6.45) is 0.598. The number of methoxy groups -OCH3 is 1. The van der Waals surface area contributed by atoms with E-state index < -0.39 is 10.0 Å². The third-order valence-electron chi connectivity index (χ3n) is 2.53. The summed E-state index contributed by atoms with van der Waals surface area (Å²) in [5.41, 5.74) is 0.313. The van der Waals surface area contributed by atoms with Gasteiger partial charge >= 0.3 is 0 Å². The second-order valence-electron chi connectivity index (χ2n) is 3.94. The van der Waals surface area contributed by atoms with Gasteiger partial charge in [0.25, 0.3) is 0 Å². The molecule has 0 bridgehead atoms. The second kappa shape index (κ2) is 6.87. The molecule has 0 radical (unpaired) electrons. The molecule has 1 N–H and O–H groups in total. The molecule has 0 amide bonds. The van der Waals surface area contributed by atoms with Crippen molar-refractivity contribution in [3.63, 3.8) is 0 Å². The highest BCUT2D eigenvalue weighted by Gasteiger charge is 2.21. The molecular formula is C12H15ClN2O3S. The normalized spacial score (nSPS) is 12.9. The van der Waals surface area contributed by atoms with Crippen molar-refractivity contribution in [1.29, 1.82) is 5.26 Å². The molecule has 7 heteroatoms. The van der Waals surface area contributed by atoms with E-state index in [1.54, 1.807) is 0 Å². The zero-order chi connectivity index (χ0) is 14.5. The van der Waals surface area contributed by atoms with E-state index in [0.29, 0.717) is 12.0 Å². The van der Waals surface area contributed by atoms with Crippen LogP contribution in [0.3, 0.4) is 0 Å². The molecule has 1 rings (SSSR count). The maximum Gasteiger partial charge on any atom is 0.242 e. The van der Waals surface area contributed by atoms with Gasteiger partial charge in [-0.2, -0.15) is 5.26 Å². The molecule has 0 saturated carbocycles. The van der Waals surface area contributed by atoms with Gasteiger partial charge in [0.1, 0.15) is 4.90 Å². The van der Waals surface area contributed by atoms with Gasteiger partial charge in [0.2, 0.25) is 10.0 Å². The summed E-state index contributed by atoms with van der Waals surface area (Å²) in [5.74, 6) is 0. The lowest BCUT2D eigenvalue weighted by Gasteiger charge is -2.16. The molecular weight excluding hydrogens is 288 g/mol. The molecule has 1 atom stereocenters.